The summed E-state index contributed by atoms with van der Waals surface area (Å²) in [5.74, 6) is -0.428. The van der Waals surface area contributed by atoms with E-state index in [0.717, 1.165) is 6.07 Å². The van der Waals surface area contributed by atoms with Crippen molar-refractivity contribution in [2.75, 3.05) is 6.54 Å². The molecule has 86 valence electrons. The zero-order valence-corrected chi connectivity index (χ0v) is 8.10. The van der Waals surface area contributed by atoms with Crippen molar-refractivity contribution in [2.24, 2.45) is 0 Å². The number of Topliss-reactive ketones (excluding diaryl/α,β-unsaturated/α-hetero) is 1. The molecule has 1 heterocycles. The maximum absolute atomic E-state index is 11.9. The van der Waals surface area contributed by atoms with Crippen LogP contribution in [0.1, 0.15) is 15.9 Å². The Morgan fingerprint density at radius 3 is 2.69 bits per heavy atom. The van der Waals surface area contributed by atoms with Crippen LogP contribution in [-0.2, 0) is 6.54 Å². The van der Waals surface area contributed by atoms with Crippen LogP contribution in [0.4, 0.5) is 13.2 Å². The van der Waals surface area contributed by atoms with E-state index in [2.05, 4.69) is 10.1 Å². The molecule has 0 unspecified atom stereocenters. The molecule has 0 aromatic heterocycles. The summed E-state index contributed by atoms with van der Waals surface area (Å²) in [5.41, 5.74) is 0.978. The molecule has 0 aliphatic carbocycles. The quantitative estimate of drug-likeness (QED) is 0.801. The van der Waals surface area contributed by atoms with Crippen molar-refractivity contribution in [3.63, 3.8) is 0 Å². The van der Waals surface area contributed by atoms with Crippen LogP contribution in [0.3, 0.4) is 0 Å². The number of alkyl halides is 3. The van der Waals surface area contributed by atoms with Crippen molar-refractivity contribution in [1.29, 1.82) is 0 Å². The van der Waals surface area contributed by atoms with Gasteiger partial charge >= 0.3 is 6.36 Å². The SMILES string of the molecule is O=C1CNCc2cc(OC(F)(F)F)ccc21. The number of nitrogens with one attached hydrogen (secondary N) is 1. The highest BCUT2D eigenvalue weighted by Crippen LogP contribution is 2.26. The third kappa shape index (κ3) is 2.33. The lowest BCUT2D eigenvalue weighted by molar-refractivity contribution is -0.274. The fourth-order valence-corrected chi connectivity index (χ4v) is 1.59. The summed E-state index contributed by atoms with van der Waals surface area (Å²) in [7, 11) is 0. The molecule has 2 rings (SSSR count). The van der Waals surface area contributed by atoms with Crippen LogP contribution in [0.5, 0.6) is 5.75 Å². The van der Waals surface area contributed by atoms with Gasteiger partial charge in [0.15, 0.2) is 5.78 Å². The van der Waals surface area contributed by atoms with Crippen molar-refractivity contribution in [2.45, 2.75) is 12.9 Å². The smallest absolute Gasteiger partial charge is 0.406 e. The Morgan fingerprint density at radius 1 is 1.25 bits per heavy atom. The molecule has 0 amide bonds. The molecular formula is C10H8F3NO2. The first-order chi connectivity index (χ1) is 7.46. The van der Waals surface area contributed by atoms with E-state index in [1.54, 1.807) is 0 Å². The fraction of sp³-hybridized carbons (Fsp3) is 0.300. The monoisotopic (exact) mass is 231 g/mol. The van der Waals surface area contributed by atoms with E-state index in [4.69, 9.17) is 0 Å². The zero-order chi connectivity index (χ0) is 11.8. The van der Waals surface area contributed by atoms with E-state index < -0.39 is 6.36 Å². The topological polar surface area (TPSA) is 38.3 Å². The minimum absolute atomic E-state index is 0.125. The number of halogens is 3. The Hall–Kier alpha value is -1.56. The van der Waals surface area contributed by atoms with Crippen LogP contribution < -0.4 is 10.1 Å². The molecule has 0 fully saturated rings. The predicted octanol–water partition coefficient (Wildman–Crippen LogP) is 1.87. The van der Waals surface area contributed by atoms with Gasteiger partial charge in [0.1, 0.15) is 5.75 Å². The highest BCUT2D eigenvalue weighted by Gasteiger charge is 2.31. The minimum Gasteiger partial charge on any atom is -0.406 e. The second-order valence-corrected chi connectivity index (χ2v) is 3.39. The summed E-state index contributed by atoms with van der Waals surface area (Å²) in [6.45, 7) is 0.586. The van der Waals surface area contributed by atoms with Gasteiger partial charge in [-0.3, -0.25) is 4.79 Å². The van der Waals surface area contributed by atoms with Crippen LogP contribution >= 0.6 is 0 Å². The molecule has 0 saturated carbocycles. The van der Waals surface area contributed by atoms with Crippen molar-refractivity contribution in [3.05, 3.63) is 29.3 Å². The van der Waals surface area contributed by atoms with Gasteiger partial charge in [0, 0.05) is 12.1 Å². The van der Waals surface area contributed by atoms with Gasteiger partial charge in [-0.15, -0.1) is 13.2 Å². The van der Waals surface area contributed by atoms with Gasteiger partial charge in [-0.05, 0) is 23.8 Å². The lowest BCUT2D eigenvalue weighted by atomic mass is 10.00. The van der Waals surface area contributed by atoms with Crippen LogP contribution in [0.15, 0.2) is 18.2 Å². The largest absolute Gasteiger partial charge is 0.573 e. The Morgan fingerprint density at radius 2 is 2.00 bits per heavy atom. The molecule has 0 saturated heterocycles. The number of carbonyl (C=O) groups is 1. The molecule has 1 aliphatic rings. The van der Waals surface area contributed by atoms with E-state index in [-0.39, 0.29) is 18.1 Å². The molecule has 6 heteroatoms. The first kappa shape index (κ1) is 10.9. The Bertz CT molecular complexity index is 429. The fourth-order valence-electron chi connectivity index (χ4n) is 1.59. The Kier molecular flexibility index (Phi) is 2.59. The number of carbonyl (C=O) groups excluding carboxylic acids is 1. The highest BCUT2D eigenvalue weighted by molar-refractivity contribution is 6.00. The van der Waals surface area contributed by atoms with Crippen molar-refractivity contribution >= 4 is 5.78 Å². The summed E-state index contributed by atoms with van der Waals surface area (Å²) in [6, 6.07) is 3.74. The molecule has 1 aromatic rings. The van der Waals surface area contributed by atoms with Gasteiger partial charge in [0.05, 0.1) is 6.54 Å². The second-order valence-electron chi connectivity index (χ2n) is 3.39. The second kappa shape index (κ2) is 3.79. The van der Waals surface area contributed by atoms with E-state index in [9.17, 15) is 18.0 Å². The van der Waals surface area contributed by atoms with E-state index in [1.165, 1.54) is 12.1 Å². The number of fused-ring (bicyclic) bond motifs is 1. The van der Waals surface area contributed by atoms with Crippen LogP contribution in [0, 0.1) is 0 Å². The zero-order valence-electron chi connectivity index (χ0n) is 8.10. The van der Waals surface area contributed by atoms with Crippen LogP contribution in [0.25, 0.3) is 0 Å². The number of benzene rings is 1. The molecule has 0 atom stereocenters. The number of hydrogen-bond acceptors (Lipinski definition) is 3. The summed E-state index contributed by atoms with van der Waals surface area (Å²) in [6.07, 6.45) is -4.71. The maximum Gasteiger partial charge on any atom is 0.573 e. The van der Waals surface area contributed by atoms with Gasteiger partial charge < -0.3 is 10.1 Å². The maximum atomic E-state index is 11.9. The van der Waals surface area contributed by atoms with Crippen LogP contribution in [-0.4, -0.2) is 18.7 Å². The van der Waals surface area contributed by atoms with Crippen molar-refractivity contribution < 1.29 is 22.7 Å². The molecule has 3 nitrogen and oxygen atoms in total. The molecular weight excluding hydrogens is 223 g/mol. The lowest BCUT2D eigenvalue weighted by Gasteiger charge is -2.17. The summed E-state index contributed by atoms with van der Waals surface area (Å²) in [4.78, 5) is 11.4. The van der Waals surface area contributed by atoms with Gasteiger partial charge in [0.2, 0.25) is 0 Å². The Balaban J connectivity index is 2.29. The third-order valence-electron chi connectivity index (χ3n) is 2.21. The average molecular weight is 231 g/mol. The molecule has 1 aromatic carbocycles. The molecule has 0 radical (unpaired) electrons. The first-order valence-corrected chi connectivity index (χ1v) is 4.58. The van der Waals surface area contributed by atoms with Gasteiger partial charge in [0.25, 0.3) is 0 Å². The van der Waals surface area contributed by atoms with E-state index in [0.29, 0.717) is 17.7 Å². The standard InChI is InChI=1S/C10H8F3NO2/c11-10(12,13)16-7-1-2-8-6(3-7)4-14-5-9(8)15/h1-3,14H,4-5H2. The molecule has 16 heavy (non-hydrogen) atoms. The number of ketones is 1. The van der Waals surface area contributed by atoms with Gasteiger partial charge in [-0.2, -0.15) is 0 Å². The summed E-state index contributed by atoms with van der Waals surface area (Å²) in [5, 5.41) is 2.79. The van der Waals surface area contributed by atoms with Gasteiger partial charge in [-0.1, -0.05) is 0 Å². The summed E-state index contributed by atoms with van der Waals surface area (Å²) >= 11 is 0. The predicted molar refractivity (Wildman–Crippen MR) is 49.2 cm³/mol. The normalized spacial score (nSPS) is 15.8. The molecule has 1 aliphatic heterocycles. The van der Waals surface area contributed by atoms with Crippen LogP contribution in [0.2, 0.25) is 0 Å². The molecule has 0 spiro atoms. The number of rotatable bonds is 1. The average Bonchev–Trinajstić information content (AvgIpc) is 2.15. The third-order valence-corrected chi connectivity index (χ3v) is 2.21. The Labute approximate surface area is 89.2 Å². The first-order valence-electron chi connectivity index (χ1n) is 4.58. The van der Waals surface area contributed by atoms with E-state index in [1.807, 2.05) is 0 Å². The molecule has 0 bridgehead atoms. The highest BCUT2D eigenvalue weighted by atomic mass is 19.4. The van der Waals surface area contributed by atoms with Crippen molar-refractivity contribution in [3.8, 4) is 5.75 Å². The summed E-state index contributed by atoms with van der Waals surface area (Å²) < 4.78 is 39.6. The number of hydrogen-bond donors (Lipinski definition) is 1. The molecule has 1 N–H and O–H groups in total. The van der Waals surface area contributed by atoms with Crippen molar-refractivity contribution in [1.82, 2.24) is 5.32 Å². The minimum atomic E-state index is -4.71. The lowest BCUT2D eigenvalue weighted by Crippen LogP contribution is -2.29. The number of ether oxygens (including phenoxy) is 1. The van der Waals surface area contributed by atoms with E-state index >= 15 is 0 Å². The van der Waals surface area contributed by atoms with Gasteiger partial charge in [-0.25, -0.2) is 0 Å².